The predicted octanol–water partition coefficient (Wildman–Crippen LogP) is 2.31. The molecule has 0 aromatic carbocycles. The zero-order valence-electron chi connectivity index (χ0n) is 10.2. The van der Waals surface area contributed by atoms with Crippen molar-refractivity contribution in [2.75, 3.05) is 24.6 Å². The van der Waals surface area contributed by atoms with E-state index in [9.17, 15) is 4.79 Å². The monoisotopic (exact) mass is 233 g/mol. The Hall–Kier alpha value is -0.220. The molecule has 0 aliphatic carbocycles. The van der Waals surface area contributed by atoms with E-state index in [1.807, 2.05) is 11.8 Å². The third-order valence-corrected chi connectivity index (χ3v) is 3.13. The molecule has 4 heteroatoms. The molecule has 15 heavy (non-hydrogen) atoms. The fraction of sp³-hybridized carbons (Fsp3) is 0.909. The standard InChI is InChI=1S/C11H23NO2S/c1-5-15-9-8-12(11(2,3)4)7-6-10(13)14/h5-9H2,1-4H3,(H,13,14). The number of rotatable bonds is 7. The molecule has 0 unspecified atom stereocenters. The molecule has 0 aromatic heterocycles. The van der Waals surface area contributed by atoms with Gasteiger partial charge >= 0.3 is 5.97 Å². The minimum absolute atomic E-state index is 0.0593. The molecule has 0 spiro atoms. The van der Waals surface area contributed by atoms with Gasteiger partial charge in [-0.25, -0.2) is 0 Å². The molecule has 0 rings (SSSR count). The van der Waals surface area contributed by atoms with E-state index in [2.05, 4.69) is 32.6 Å². The third kappa shape index (κ3) is 7.68. The second kappa shape index (κ2) is 7.12. The molecule has 0 radical (unpaired) electrons. The van der Waals surface area contributed by atoms with Crippen LogP contribution < -0.4 is 0 Å². The van der Waals surface area contributed by atoms with Gasteiger partial charge in [0.2, 0.25) is 0 Å². The normalized spacial score (nSPS) is 12.1. The lowest BCUT2D eigenvalue weighted by molar-refractivity contribution is -0.137. The Morgan fingerprint density at radius 2 is 1.93 bits per heavy atom. The number of carbonyl (C=O) groups is 1. The topological polar surface area (TPSA) is 40.5 Å². The van der Waals surface area contributed by atoms with E-state index < -0.39 is 5.97 Å². The summed E-state index contributed by atoms with van der Waals surface area (Å²) in [4.78, 5) is 12.8. The molecule has 0 amide bonds. The van der Waals surface area contributed by atoms with Gasteiger partial charge in [0.1, 0.15) is 0 Å². The van der Waals surface area contributed by atoms with Gasteiger partial charge in [0.05, 0.1) is 6.42 Å². The quantitative estimate of drug-likeness (QED) is 0.685. The lowest BCUT2D eigenvalue weighted by Crippen LogP contribution is -2.43. The van der Waals surface area contributed by atoms with Crippen LogP contribution in [0, 0.1) is 0 Å². The Morgan fingerprint density at radius 1 is 1.33 bits per heavy atom. The second-order valence-electron chi connectivity index (χ2n) is 4.50. The summed E-state index contributed by atoms with van der Waals surface area (Å²) in [6.07, 6.45) is 0.230. The van der Waals surface area contributed by atoms with Crippen LogP contribution >= 0.6 is 11.8 Å². The molecule has 90 valence electrons. The van der Waals surface area contributed by atoms with Crippen molar-refractivity contribution in [3.8, 4) is 0 Å². The van der Waals surface area contributed by atoms with Crippen molar-refractivity contribution in [1.82, 2.24) is 4.90 Å². The fourth-order valence-corrected chi connectivity index (χ4v) is 1.97. The number of nitrogens with zero attached hydrogens (tertiary/aromatic N) is 1. The Labute approximate surface area is 97.2 Å². The summed E-state index contributed by atoms with van der Waals surface area (Å²) >= 11 is 1.90. The molecule has 0 aliphatic rings. The molecular formula is C11H23NO2S. The van der Waals surface area contributed by atoms with Crippen LogP contribution in [0.25, 0.3) is 0 Å². The van der Waals surface area contributed by atoms with Gasteiger partial charge in [-0.1, -0.05) is 6.92 Å². The summed E-state index contributed by atoms with van der Waals surface area (Å²) < 4.78 is 0. The van der Waals surface area contributed by atoms with Crippen molar-refractivity contribution in [3.05, 3.63) is 0 Å². The molecule has 0 atom stereocenters. The summed E-state index contributed by atoms with van der Waals surface area (Å²) in [7, 11) is 0. The van der Waals surface area contributed by atoms with Crippen molar-refractivity contribution in [2.24, 2.45) is 0 Å². The number of thioether (sulfide) groups is 1. The second-order valence-corrected chi connectivity index (χ2v) is 5.89. The number of hydrogen-bond acceptors (Lipinski definition) is 3. The lowest BCUT2D eigenvalue weighted by atomic mass is 10.1. The smallest absolute Gasteiger partial charge is 0.304 e. The third-order valence-electron chi connectivity index (χ3n) is 2.25. The number of carboxylic acids is 1. The average molecular weight is 233 g/mol. The van der Waals surface area contributed by atoms with Crippen LogP contribution in [0.15, 0.2) is 0 Å². The minimum Gasteiger partial charge on any atom is -0.481 e. The maximum absolute atomic E-state index is 10.5. The largest absolute Gasteiger partial charge is 0.481 e. The van der Waals surface area contributed by atoms with E-state index in [-0.39, 0.29) is 12.0 Å². The highest BCUT2D eigenvalue weighted by Crippen LogP contribution is 2.14. The molecule has 0 bridgehead atoms. The van der Waals surface area contributed by atoms with Crippen LogP contribution in [-0.2, 0) is 4.79 Å². The van der Waals surface area contributed by atoms with Crippen LogP contribution in [0.2, 0.25) is 0 Å². The SMILES string of the molecule is CCSCCN(CCC(=O)O)C(C)(C)C. The molecule has 0 aliphatic heterocycles. The molecule has 0 aromatic rings. The van der Waals surface area contributed by atoms with Gasteiger partial charge in [-0.05, 0) is 26.5 Å². The highest BCUT2D eigenvalue weighted by atomic mass is 32.2. The number of hydrogen-bond donors (Lipinski definition) is 1. The van der Waals surface area contributed by atoms with Crippen LogP contribution in [0.4, 0.5) is 0 Å². The van der Waals surface area contributed by atoms with Gasteiger partial charge in [-0.3, -0.25) is 9.69 Å². The van der Waals surface area contributed by atoms with E-state index in [1.165, 1.54) is 0 Å². The maximum atomic E-state index is 10.5. The molecular weight excluding hydrogens is 210 g/mol. The predicted molar refractivity (Wildman–Crippen MR) is 66.6 cm³/mol. The van der Waals surface area contributed by atoms with Gasteiger partial charge in [0.25, 0.3) is 0 Å². The molecule has 0 heterocycles. The van der Waals surface area contributed by atoms with Gasteiger partial charge in [0, 0.05) is 24.4 Å². The Bertz CT molecular complexity index is 190. The van der Waals surface area contributed by atoms with E-state index >= 15 is 0 Å². The average Bonchev–Trinajstić information content (AvgIpc) is 2.08. The summed E-state index contributed by atoms with van der Waals surface area (Å²) in [6, 6.07) is 0. The van der Waals surface area contributed by atoms with Crippen molar-refractivity contribution in [1.29, 1.82) is 0 Å². The Morgan fingerprint density at radius 3 is 2.33 bits per heavy atom. The molecule has 0 fully saturated rings. The molecule has 0 saturated heterocycles. The summed E-state index contributed by atoms with van der Waals surface area (Å²) in [5, 5.41) is 8.67. The highest BCUT2D eigenvalue weighted by Gasteiger charge is 2.20. The zero-order chi connectivity index (χ0) is 11.9. The van der Waals surface area contributed by atoms with Crippen molar-refractivity contribution in [3.63, 3.8) is 0 Å². The highest BCUT2D eigenvalue weighted by molar-refractivity contribution is 7.99. The Kier molecular flexibility index (Phi) is 7.02. The first-order chi connectivity index (χ1) is 6.88. The van der Waals surface area contributed by atoms with E-state index in [0.717, 1.165) is 18.1 Å². The molecule has 3 nitrogen and oxygen atoms in total. The van der Waals surface area contributed by atoms with Crippen LogP contribution in [-0.4, -0.2) is 46.1 Å². The van der Waals surface area contributed by atoms with Gasteiger partial charge in [-0.15, -0.1) is 0 Å². The number of carboxylic acid groups (broad SMARTS) is 1. The zero-order valence-corrected chi connectivity index (χ0v) is 11.1. The van der Waals surface area contributed by atoms with E-state index in [0.29, 0.717) is 6.54 Å². The first kappa shape index (κ1) is 14.8. The first-order valence-electron chi connectivity index (χ1n) is 5.42. The fourth-order valence-electron chi connectivity index (χ4n) is 1.33. The van der Waals surface area contributed by atoms with Crippen molar-refractivity contribution < 1.29 is 9.90 Å². The van der Waals surface area contributed by atoms with Crippen molar-refractivity contribution >= 4 is 17.7 Å². The summed E-state index contributed by atoms with van der Waals surface area (Å²) in [5.41, 5.74) is 0.0593. The van der Waals surface area contributed by atoms with Gasteiger partial charge in [-0.2, -0.15) is 11.8 Å². The Balaban J connectivity index is 4.02. The van der Waals surface area contributed by atoms with Crippen LogP contribution in [0.1, 0.15) is 34.1 Å². The van der Waals surface area contributed by atoms with Crippen LogP contribution in [0.3, 0.4) is 0 Å². The summed E-state index contributed by atoms with van der Waals surface area (Å²) in [6.45, 7) is 10.1. The van der Waals surface area contributed by atoms with Crippen molar-refractivity contribution in [2.45, 2.75) is 39.7 Å². The first-order valence-corrected chi connectivity index (χ1v) is 6.58. The van der Waals surface area contributed by atoms with E-state index in [1.54, 1.807) is 0 Å². The summed E-state index contributed by atoms with van der Waals surface area (Å²) in [5.74, 6) is 1.48. The molecule has 1 N–H and O–H groups in total. The minimum atomic E-state index is -0.715. The van der Waals surface area contributed by atoms with Crippen LogP contribution in [0.5, 0.6) is 0 Å². The van der Waals surface area contributed by atoms with Gasteiger partial charge in [0.15, 0.2) is 0 Å². The number of aliphatic carboxylic acids is 1. The lowest BCUT2D eigenvalue weighted by Gasteiger charge is -2.35. The molecule has 0 saturated carbocycles. The van der Waals surface area contributed by atoms with E-state index in [4.69, 9.17) is 5.11 Å². The maximum Gasteiger partial charge on any atom is 0.304 e. The van der Waals surface area contributed by atoms with Gasteiger partial charge < -0.3 is 5.11 Å².